The Bertz CT molecular complexity index is 2170. The molecule has 0 bridgehead atoms. The summed E-state index contributed by atoms with van der Waals surface area (Å²) in [6.45, 7) is 0. The predicted molar refractivity (Wildman–Crippen MR) is 217 cm³/mol. The van der Waals surface area contributed by atoms with Gasteiger partial charge in [0, 0.05) is 17.1 Å². The Hall–Kier alpha value is -5.99. The summed E-state index contributed by atoms with van der Waals surface area (Å²) in [5, 5.41) is 3.94. The van der Waals surface area contributed by atoms with Crippen LogP contribution < -0.4 is 15.9 Å². The van der Waals surface area contributed by atoms with E-state index in [1.54, 1.807) is 18.2 Å². The molecule has 59 heavy (non-hydrogen) atoms. The number of esters is 4. The van der Waals surface area contributed by atoms with Gasteiger partial charge in [-0.3, -0.25) is 14.6 Å². The molecule has 16 heteroatoms. The number of methoxy groups -OCH3 is 4. The molecule has 9 nitrogen and oxygen atoms in total. The van der Waals surface area contributed by atoms with E-state index in [2.05, 4.69) is 117 Å². The van der Waals surface area contributed by atoms with Crippen LogP contribution in [0.1, 0.15) is 11.1 Å². The number of ether oxygens (including phenoxy) is 4. The first-order valence-electron chi connectivity index (χ1n) is 17.1. The van der Waals surface area contributed by atoms with E-state index in [-0.39, 0.29) is 31.6 Å². The third-order valence-corrected chi connectivity index (χ3v) is 9.94. The molecule has 0 heterocycles. The van der Waals surface area contributed by atoms with Crippen molar-refractivity contribution in [3.63, 3.8) is 0 Å². The number of nitrogens with zero attached hydrogens (tertiary/aromatic N) is 1. The van der Waals surface area contributed by atoms with Gasteiger partial charge in [-0.15, -0.1) is 0 Å². The molecule has 0 saturated heterocycles. The van der Waals surface area contributed by atoms with Crippen molar-refractivity contribution in [2.24, 2.45) is 4.99 Å². The Kier molecular flexibility index (Phi) is 21.1. The molecule has 308 valence electrons. The van der Waals surface area contributed by atoms with Gasteiger partial charge >= 0.3 is 33.6 Å². The van der Waals surface area contributed by atoms with E-state index in [1.165, 1.54) is 28.0 Å². The summed E-state index contributed by atoms with van der Waals surface area (Å²) in [7, 11) is -2.41. The molecule has 0 spiro atoms. The molecular weight excluding hydrogens is 883 g/mol. The van der Waals surface area contributed by atoms with Crippen molar-refractivity contribution in [2.45, 2.75) is 0 Å². The average Bonchev–Trinajstić information content (AvgIpc) is 3.24. The van der Waals surface area contributed by atoms with E-state index >= 15 is 0 Å². The largest absolute Gasteiger partial charge is 2.00 e. The van der Waals surface area contributed by atoms with E-state index in [0.29, 0.717) is 0 Å². The topological polar surface area (TPSA) is 118 Å². The molecule has 5 aromatic carbocycles. The fourth-order valence-electron chi connectivity index (χ4n) is 5.00. The molecular formula is C43H37BF4NO8PPd. The van der Waals surface area contributed by atoms with E-state index in [9.17, 15) is 36.4 Å². The SMILES string of the molecule is C(=Nc1ccccc1P(c1ccccc1)c1ccccc1)c1ccccc1.COC(=O)[C-]=C(C(=O)OC)/C(C(=O)OC)=C(/C(=O)OC)c1ccccc1.F[B-](F)(F)F.[Pd+2]. The summed E-state index contributed by atoms with van der Waals surface area (Å²) < 4.78 is 57.4. The monoisotopic (exact) mass is 919 g/mol. The molecule has 0 amide bonds. The summed E-state index contributed by atoms with van der Waals surface area (Å²) in [4.78, 5) is 53.3. The zero-order valence-electron chi connectivity index (χ0n) is 32.0. The molecule has 0 radical (unpaired) electrons. The van der Waals surface area contributed by atoms with E-state index in [0.717, 1.165) is 39.7 Å². The van der Waals surface area contributed by atoms with Crippen molar-refractivity contribution in [1.29, 1.82) is 0 Å². The number of benzene rings is 5. The number of para-hydroxylation sites is 1. The second-order valence-corrected chi connectivity index (χ2v) is 13.4. The third kappa shape index (κ3) is 16.1. The first-order chi connectivity index (χ1) is 27.8. The molecule has 0 N–H and O–H groups in total. The van der Waals surface area contributed by atoms with Crippen LogP contribution in [0.15, 0.2) is 162 Å². The molecule has 0 fully saturated rings. The Balaban J connectivity index is 0.000000360. The van der Waals surface area contributed by atoms with Crippen molar-refractivity contribution in [3.05, 3.63) is 174 Å². The van der Waals surface area contributed by atoms with Gasteiger partial charge in [0.25, 0.3) is 11.9 Å². The first kappa shape index (κ1) is 49.2. The number of carbonyl (C=O) groups is 4. The molecule has 0 aromatic heterocycles. The number of aliphatic imine (C=N–C) groups is 1. The molecule has 0 aliphatic carbocycles. The smallest absolute Gasteiger partial charge is 0.523 e. The van der Waals surface area contributed by atoms with Crippen LogP contribution >= 0.6 is 7.92 Å². The molecule has 5 rings (SSSR count). The van der Waals surface area contributed by atoms with Crippen LogP contribution in [-0.4, -0.2) is 65.8 Å². The molecule has 0 saturated carbocycles. The van der Waals surface area contributed by atoms with Gasteiger partial charge in [-0.05, 0) is 41.3 Å². The van der Waals surface area contributed by atoms with Crippen molar-refractivity contribution in [2.75, 3.05) is 28.4 Å². The van der Waals surface area contributed by atoms with Gasteiger partial charge in [-0.25, -0.2) is 4.79 Å². The molecule has 0 unspecified atom stereocenters. The Morgan fingerprint density at radius 2 is 1.00 bits per heavy atom. The van der Waals surface area contributed by atoms with Gasteiger partial charge in [-0.1, -0.05) is 151 Å². The quantitative estimate of drug-likeness (QED) is 0.0156. The van der Waals surface area contributed by atoms with Gasteiger partial charge < -0.3 is 41.0 Å². The zero-order chi connectivity index (χ0) is 42.5. The van der Waals surface area contributed by atoms with Gasteiger partial charge in [0.05, 0.1) is 34.1 Å². The van der Waals surface area contributed by atoms with E-state index < -0.39 is 50.2 Å². The summed E-state index contributed by atoms with van der Waals surface area (Å²) in [6.07, 6.45) is 4.02. The second-order valence-electron chi connectivity index (χ2n) is 11.2. The minimum Gasteiger partial charge on any atom is -0.523 e. The fourth-order valence-corrected chi connectivity index (χ4v) is 7.39. The van der Waals surface area contributed by atoms with E-state index in [4.69, 9.17) is 9.73 Å². The van der Waals surface area contributed by atoms with Crippen LogP contribution in [0.2, 0.25) is 0 Å². The fraction of sp³-hybridized carbons (Fsp3) is 0.0930. The van der Waals surface area contributed by atoms with Crippen LogP contribution in [0, 0.1) is 6.08 Å². The standard InChI is InChI=1S/C25H20NP.C18H17O8.BF4.Pd/c1-4-12-21(13-5-1)20-26-24-18-10-11-19-25(24)27(22-14-6-2-7-15-22)23-16-8-3-9-17-23;1-23-13(19)10-12(16(20)24-2)15(18(22)26-4)14(17(21)25-3)11-8-6-5-7-9-11;2-1(3,4)5;/h1-20H;5-9H,1-4H3;;/q;2*-1;+2/b;15-14-;;. The van der Waals surface area contributed by atoms with Crippen LogP contribution in [0.25, 0.3) is 5.57 Å². The summed E-state index contributed by atoms with van der Waals surface area (Å²) in [5.41, 5.74) is 0.930. The predicted octanol–water partition coefficient (Wildman–Crippen LogP) is 7.35. The Morgan fingerprint density at radius 1 is 0.576 bits per heavy atom. The maximum Gasteiger partial charge on any atom is 2.00 e. The van der Waals surface area contributed by atoms with E-state index in [1.807, 2.05) is 24.4 Å². The summed E-state index contributed by atoms with van der Waals surface area (Å²) in [5.74, 6) is -4.13. The van der Waals surface area contributed by atoms with Crippen LogP contribution in [0.3, 0.4) is 0 Å². The van der Waals surface area contributed by atoms with Gasteiger partial charge in [-0.2, -0.15) is 0 Å². The van der Waals surface area contributed by atoms with Crippen LogP contribution in [0.4, 0.5) is 23.0 Å². The van der Waals surface area contributed by atoms with Crippen molar-refractivity contribution >= 4 is 72.4 Å². The number of hydrogen-bond acceptors (Lipinski definition) is 9. The molecule has 0 aliphatic rings. The average molecular weight is 920 g/mol. The number of carbonyl (C=O) groups excluding carboxylic acids is 4. The molecule has 0 atom stereocenters. The number of hydrogen-bond donors (Lipinski definition) is 0. The van der Waals surface area contributed by atoms with Crippen molar-refractivity contribution < 1.29 is 75.8 Å². The van der Waals surface area contributed by atoms with Gasteiger partial charge in [0.15, 0.2) is 0 Å². The van der Waals surface area contributed by atoms with Crippen molar-refractivity contribution in [1.82, 2.24) is 0 Å². The molecule has 5 aromatic rings. The van der Waals surface area contributed by atoms with Crippen LogP contribution in [-0.2, 0) is 58.5 Å². The first-order valence-corrected chi connectivity index (χ1v) is 18.4. The van der Waals surface area contributed by atoms with Gasteiger partial charge in [0.1, 0.15) is 0 Å². The maximum atomic E-state index is 12.4. The minimum absolute atomic E-state index is 0. The van der Waals surface area contributed by atoms with Gasteiger partial charge in [0.2, 0.25) is 5.97 Å². The zero-order valence-corrected chi connectivity index (χ0v) is 34.4. The summed E-state index contributed by atoms with van der Waals surface area (Å²) >= 11 is 0. The molecule has 0 aliphatic heterocycles. The number of halogens is 4. The summed E-state index contributed by atoms with van der Waals surface area (Å²) in [6, 6.07) is 48.1. The van der Waals surface area contributed by atoms with Crippen LogP contribution in [0.5, 0.6) is 0 Å². The Morgan fingerprint density at radius 3 is 1.46 bits per heavy atom. The third-order valence-electron chi connectivity index (χ3n) is 7.45. The minimum atomic E-state index is -6.00. The van der Waals surface area contributed by atoms with Crippen molar-refractivity contribution in [3.8, 4) is 0 Å². The second kappa shape index (κ2) is 25.4. The number of rotatable bonds is 11. The Labute approximate surface area is 354 Å². The maximum absolute atomic E-state index is 12.4. The normalized spacial score (nSPS) is 11.3.